The van der Waals surface area contributed by atoms with Crippen LogP contribution in [0.4, 0.5) is 5.69 Å². The lowest BCUT2D eigenvalue weighted by atomic mass is 10.2. The number of benzene rings is 2. The highest BCUT2D eigenvalue weighted by Crippen LogP contribution is 2.28. The van der Waals surface area contributed by atoms with Crippen molar-refractivity contribution in [2.24, 2.45) is 5.10 Å². The zero-order valence-electron chi connectivity index (χ0n) is 17.6. The number of nitrogens with zero attached hydrogens (tertiary/aromatic N) is 2. The van der Waals surface area contributed by atoms with E-state index in [2.05, 4.69) is 20.8 Å². The lowest BCUT2D eigenvalue weighted by Gasteiger charge is -2.12. The number of ether oxygens (including phenoxy) is 3. The van der Waals surface area contributed by atoms with Crippen molar-refractivity contribution in [3.05, 3.63) is 78.1 Å². The minimum atomic E-state index is -0.373. The van der Waals surface area contributed by atoms with Gasteiger partial charge in [0.2, 0.25) is 0 Å². The van der Waals surface area contributed by atoms with E-state index in [9.17, 15) is 9.59 Å². The molecule has 0 saturated carbocycles. The van der Waals surface area contributed by atoms with E-state index in [4.69, 9.17) is 14.2 Å². The number of methoxy groups -OCH3 is 2. The Morgan fingerprint density at radius 1 is 1.00 bits per heavy atom. The van der Waals surface area contributed by atoms with Crippen molar-refractivity contribution in [3.8, 4) is 17.2 Å². The molecule has 0 aliphatic heterocycles. The summed E-state index contributed by atoms with van der Waals surface area (Å²) in [7, 11) is 3.02. The summed E-state index contributed by atoms with van der Waals surface area (Å²) in [6.07, 6.45) is 4.50. The molecule has 2 N–H and O–H groups in total. The third-order valence-corrected chi connectivity index (χ3v) is 4.23. The Labute approximate surface area is 185 Å². The Morgan fingerprint density at radius 2 is 1.81 bits per heavy atom. The summed E-state index contributed by atoms with van der Waals surface area (Å²) in [4.78, 5) is 28.1. The number of hydrogen-bond acceptors (Lipinski definition) is 7. The van der Waals surface area contributed by atoms with Crippen molar-refractivity contribution in [3.63, 3.8) is 0 Å². The van der Waals surface area contributed by atoms with E-state index < -0.39 is 0 Å². The van der Waals surface area contributed by atoms with E-state index >= 15 is 0 Å². The standard InChI is InChI=1S/C23H22N4O5/c1-30-19-8-4-3-7-18(19)26-22(28)15-32-20-10-9-16(12-21(20)31-2)13-25-27-23(29)17-6-5-11-24-14-17/h3-14H,15H2,1-2H3,(H,26,28)(H,27,29). The molecule has 0 aliphatic rings. The van der Waals surface area contributed by atoms with Crippen LogP contribution in [-0.4, -0.2) is 43.8 Å². The highest BCUT2D eigenvalue weighted by molar-refractivity contribution is 5.95. The van der Waals surface area contributed by atoms with Crippen LogP contribution in [0.15, 0.2) is 72.1 Å². The normalized spacial score (nSPS) is 10.4. The number of carbonyl (C=O) groups is 2. The summed E-state index contributed by atoms with van der Waals surface area (Å²) in [5, 5.41) is 6.67. The highest BCUT2D eigenvalue weighted by atomic mass is 16.5. The lowest BCUT2D eigenvalue weighted by molar-refractivity contribution is -0.118. The second-order valence-corrected chi connectivity index (χ2v) is 6.39. The molecule has 164 valence electrons. The topological polar surface area (TPSA) is 111 Å². The summed E-state index contributed by atoms with van der Waals surface area (Å²) < 4.78 is 16.1. The van der Waals surface area contributed by atoms with Gasteiger partial charge in [0.1, 0.15) is 5.75 Å². The van der Waals surface area contributed by atoms with Crippen molar-refractivity contribution in [1.82, 2.24) is 10.4 Å². The predicted octanol–water partition coefficient (Wildman–Crippen LogP) is 2.88. The Balaban J connectivity index is 1.57. The van der Waals surface area contributed by atoms with E-state index in [-0.39, 0.29) is 18.4 Å². The first kappa shape index (κ1) is 22.3. The van der Waals surface area contributed by atoms with Crippen molar-refractivity contribution in [2.75, 3.05) is 26.1 Å². The van der Waals surface area contributed by atoms with Gasteiger partial charge in [0.25, 0.3) is 11.8 Å². The second-order valence-electron chi connectivity index (χ2n) is 6.39. The smallest absolute Gasteiger partial charge is 0.272 e. The van der Waals surface area contributed by atoms with Crippen LogP contribution in [0.1, 0.15) is 15.9 Å². The average Bonchev–Trinajstić information content (AvgIpc) is 2.83. The molecule has 1 heterocycles. The molecule has 3 rings (SSSR count). The number of pyridine rings is 1. The number of rotatable bonds is 9. The average molecular weight is 434 g/mol. The number of amides is 2. The summed E-state index contributed by atoms with van der Waals surface area (Å²) in [5.41, 5.74) is 4.04. The van der Waals surface area contributed by atoms with Gasteiger partial charge in [-0.1, -0.05) is 12.1 Å². The molecule has 2 amide bonds. The van der Waals surface area contributed by atoms with Crippen molar-refractivity contribution in [1.29, 1.82) is 0 Å². The number of para-hydroxylation sites is 2. The van der Waals surface area contributed by atoms with Gasteiger partial charge in [0.05, 0.1) is 31.7 Å². The number of nitrogens with one attached hydrogen (secondary N) is 2. The van der Waals surface area contributed by atoms with Crippen molar-refractivity contribution < 1.29 is 23.8 Å². The number of aromatic nitrogens is 1. The fourth-order valence-corrected chi connectivity index (χ4v) is 2.69. The van der Waals surface area contributed by atoms with Gasteiger partial charge < -0.3 is 19.5 Å². The first-order valence-electron chi connectivity index (χ1n) is 9.58. The van der Waals surface area contributed by atoms with Gasteiger partial charge in [-0.3, -0.25) is 14.6 Å². The minimum Gasteiger partial charge on any atom is -0.495 e. The molecule has 0 aliphatic carbocycles. The molecule has 1 aromatic heterocycles. The zero-order chi connectivity index (χ0) is 22.8. The molecular formula is C23H22N4O5. The van der Waals surface area contributed by atoms with E-state index in [1.165, 1.54) is 26.6 Å². The monoisotopic (exact) mass is 434 g/mol. The number of anilines is 1. The Kier molecular flexibility index (Phi) is 7.74. The van der Waals surface area contributed by atoms with Gasteiger partial charge in [0.15, 0.2) is 18.1 Å². The van der Waals surface area contributed by atoms with Crippen molar-refractivity contribution >= 4 is 23.7 Å². The number of hydrazone groups is 1. The molecule has 0 fully saturated rings. The molecule has 0 spiro atoms. The van der Waals surface area contributed by atoms with Crippen LogP contribution in [0.25, 0.3) is 0 Å². The quantitative estimate of drug-likeness (QED) is 0.396. The third kappa shape index (κ3) is 6.05. The third-order valence-electron chi connectivity index (χ3n) is 4.23. The van der Waals surface area contributed by atoms with Crippen molar-refractivity contribution in [2.45, 2.75) is 0 Å². The molecule has 32 heavy (non-hydrogen) atoms. The molecule has 2 aromatic carbocycles. The number of carbonyl (C=O) groups excluding carboxylic acids is 2. The van der Waals surface area contributed by atoms with Crippen LogP contribution < -0.4 is 25.0 Å². The van der Waals surface area contributed by atoms with E-state index in [0.29, 0.717) is 34.1 Å². The van der Waals surface area contributed by atoms with Crippen LogP contribution in [-0.2, 0) is 4.79 Å². The van der Waals surface area contributed by atoms with Gasteiger partial charge in [-0.2, -0.15) is 5.10 Å². The number of hydrogen-bond donors (Lipinski definition) is 2. The van der Waals surface area contributed by atoms with Gasteiger partial charge in [0, 0.05) is 12.4 Å². The summed E-state index contributed by atoms with van der Waals surface area (Å²) in [6, 6.07) is 15.4. The van der Waals surface area contributed by atoms with Gasteiger partial charge >= 0.3 is 0 Å². The molecule has 9 heteroatoms. The molecule has 0 saturated heterocycles. The summed E-state index contributed by atoms with van der Waals surface area (Å²) in [5.74, 6) is 0.636. The SMILES string of the molecule is COc1ccccc1NC(=O)COc1ccc(C=NNC(=O)c2cccnc2)cc1OC. The molecule has 0 bridgehead atoms. The second kappa shape index (κ2) is 11.1. The fraction of sp³-hybridized carbons (Fsp3) is 0.130. The van der Waals surface area contributed by atoms with Crippen LogP contribution in [0.5, 0.6) is 17.2 Å². The maximum atomic E-state index is 12.2. The Morgan fingerprint density at radius 3 is 2.56 bits per heavy atom. The Hall–Kier alpha value is -4.40. The predicted molar refractivity (Wildman–Crippen MR) is 119 cm³/mol. The van der Waals surface area contributed by atoms with Gasteiger partial charge in [-0.05, 0) is 48.0 Å². The van der Waals surface area contributed by atoms with Gasteiger partial charge in [-0.15, -0.1) is 0 Å². The molecule has 3 aromatic rings. The fourth-order valence-electron chi connectivity index (χ4n) is 2.69. The highest BCUT2D eigenvalue weighted by Gasteiger charge is 2.11. The molecule has 0 atom stereocenters. The molecule has 9 nitrogen and oxygen atoms in total. The summed E-state index contributed by atoms with van der Waals surface area (Å²) >= 11 is 0. The van der Waals surface area contributed by atoms with E-state index in [1.807, 2.05) is 6.07 Å². The van der Waals surface area contributed by atoms with E-state index in [0.717, 1.165) is 0 Å². The van der Waals surface area contributed by atoms with Gasteiger partial charge in [-0.25, -0.2) is 5.43 Å². The first-order chi connectivity index (χ1) is 15.6. The molecular weight excluding hydrogens is 412 g/mol. The van der Waals surface area contributed by atoms with E-state index in [1.54, 1.807) is 54.7 Å². The summed E-state index contributed by atoms with van der Waals surface area (Å²) in [6.45, 7) is -0.219. The first-order valence-corrected chi connectivity index (χ1v) is 9.58. The lowest BCUT2D eigenvalue weighted by Crippen LogP contribution is -2.20. The largest absolute Gasteiger partial charge is 0.495 e. The van der Waals surface area contributed by atoms with Crippen LogP contribution in [0.2, 0.25) is 0 Å². The molecule has 0 unspecified atom stereocenters. The maximum absolute atomic E-state index is 12.2. The maximum Gasteiger partial charge on any atom is 0.272 e. The molecule has 0 radical (unpaired) electrons. The van der Waals surface area contributed by atoms with Crippen LogP contribution in [0, 0.1) is 0 Å². The van der Waals surface area contributed by atoms with Crippen LogP contribution in [0.3, 0.4) is 0 Å². The zero-order valence-corrected chi connectivity index (χ0v) is 17.6. The van der Waals surface area contributed by atoms with Crippen LogP contribution >= 0.6 is 0 Å². The minimum absolute atomic E-state index is 0.219. The Bertz CT molecular complexity index is 1100.